The number of rotatable bonds is 9. The zero-order valence-electron chi connectivity index (χ0n) is 16.8. The van der Waals surface area contributed by atoms with Gasteiger partial charge in [0.1, 0.15) is 5.75 Å². The lowest BCUT2D eigenvalue weighted by atomic mass is 10.1. The van der Waals surface area contributed by atoms with Crippen molar-refractivity contribution in [2.24, 2.45) is 0 Å². The SMILES string of the molecule is CCOc1ccc(N(CCC#N)C(=O)c2cccc(S(=O)(=O)NC(C)C)c2)cc1. The number of amides is 1. The summed E-state index contributed by atoms with van der Waals surface area (Å²) in [5, 5.41) is 8.97. The summed E-state index contributed by atoms with van der Waals surface area (Å²) in [6.07, 6.45) is 0.145. The van der Waals surface area contributed by atoms with E-state index in [1.165, 1.54) is 23.1 Å². The number of ether oxygens (including phenoxy) is 1. The van der Waals surface area contributed by atoms with Crippen LogP contribution in [-0.2, 0) is 10.0 Å². The standard InChI is InChI=1S/C21H25N3O4S/c1-4-28-19-11-9-18(10-12-19)24(14-6-13-22)21(25)17-7-5-8-20(15-17)29(26,27)23-16(2)3/h5,7-12,15-16,23H,4,6,14H2,1-3H3. The summed E-state index contributed by atoms with van der Waals surface area (Å²) in [6, 6.07) is 14.6. The van der Waals surface area contributed by atoms with Crippen LogP contribution in [0.1, 0.15) is 37.6 Å². The molecule has 1 N–H and O–H groups in total. The smallest absolute Gasteiger partial charge is 0.258 e. The number of nitrogens with one attached hydrogen (secondary N) is 1. The molecule has 0 radical (unpaired) electrons. The van der Waals surface area contributed by atoms with Crippen molar-refractivity contribution in [3.8, 4) is 11.8 Å². The average molecular weight is 416 g/mol. The Bertz CT molecular complexity index is 980. The molecule has 7 nitrogen and oxygen atoms in total. The molecule has 1 amide bonds. The normalized spacial score (nSPS) is 11.1. The van der Waals surface area contributed by atoms with Gasteiger partial charge in [0.25, 0.3) is 5.91 Å². The Morgan fingerprint density at radius 3 is 2.48 bits per heavy atom. The highest BCUT2D eigenvalue weighted by Crippen LogP contribution is 2.23. The fourth-order valence-corrected chi connectivity index (χ4v) is 4.03. The van der Waals surface area contributed by atoms with Crippen molar-refractivity contribution in [2.45, 2.75) is 38.1 Å². The first-order valence-electron chi connectivity index (χ1n) is 9.32. The Morgan fingerprint density at radius 1 is 1.21 bits per heavy atom. The first-order valence-corrected chi connectivity index (χ1v) is 10.8. The molecule has 154 valence electrons. The lowest BCUT2D eigenvalue weighted by Gasteiger charge is -2.22. The fraction of sp³-hybridized carbons (Fsp3) is 0.333. The van der Waals surface area contributed by atoms with Gasteiger partial charge in [-0.1, -0.05) is 6.07 Å². The quantitative estimate of drug-likeness (QED) is 0.677. The Balaban J connectivity index is 2.36. The molecule has 0 saturated heterocycles. The monoisotopic (exact) mass is 415 g/mol. The van der Waals surface area contributed by atoms with Crippen molar-refractivity contribution < 1.29 is 17.9 Å². The van der Waals surface area contributed by atoms with Crippen LogP contribution >= 0.6 is 0 Å². The number of hydrogen-bond donors (Lipinski definition) is 1. The van der Waals surface area contributed by atoms with Crippen LogP contribution in [0, 0.1) is 11.3 Å². The van der Waals surface area contributed by atoms with E-state index in [0.29, 0.717) is 18.0 Å². The molecule has 2 rings (SSSR count). The van der Waals surface area contributed by atoms with Crippen LogP contribution < -0.4 is 14.4 Å². The summed E-state index contributed by atoms with van der Waals surface area (Å²) in [7, 11) is -3.72. The summed E-state index contributed by atoms with van der Waals surface area (Å²) in [5.74, 6) is 0.294. The van der Waals surface area contributed by atoms with Crippen molar-refractivity contribution in [3.63, 3.8) is 0 Å². The zero-order valence-corrected chi connectivity index (χ0v) is 17.6. The topological polar surface area (TPSA) is 99.5 Å². The van der Waals surface area contributed by atoms with E-state index >= 15 is 0 Å². The van der Waals surface area contributed by atoms with Crippen LogP contribution in [0.15, 0.2) is 53.4 Å². The third-order valence-electron chi connectivity index (χ3n) is 3.93. The average Bonchev–Trinajstić information content (AvgIpc) is 2.68. The second kappa shape index (κ2) is 10.0. The number of nitrogens with zero attached hydrogens (tertiary/aromatic N) is 2. The van der Waals surface area contributed by atoms with Gasteiger partial charge in [0.15, 0.2) is 0 Å². The van der Waals surface area contributed by atoms with Gasteiger partial charge in [-0.05, 0) is 63.2 Å². The molecule has 0 bridgehead atoms. The van der Waals surface area contributed by atoms with Gasteiger partial charge in [-0.15, -0.1) is 0 Å². The van der Waals surface area contributed by atoms with Gasteiger partial charge in [-0.25, -0.2) is 13.1 Å². The fourth-order valence-electron chi connectivity index (χ4n) is 2.73. The summed E-state index contributed by atoms with van der Waals surface area (Å²) in [5.41, 5.74) is 0.825. The van der Waals surface area contributed by atoms with Gasteiger partial charge < -0.3 is 9.64 Å². The molecule has 29 heavy (non-hydrogen) atoms. The maximum absolute atomic E-state index is 13.1. The molecular weight excluding hydrogens is 390 g/mol. The minimum Gasteiger partial charge on any atom is -0.494 e. The van der Waals surface area contributed by atoms with Gasteiger partial charge in [0.2, 0.25) is 10.0 Å². The van der Waals surface area contributed by atoms with E-state index in [-0.39, 0.29) is 35.4 Å². The highest BCUT2D eigenvalue weighted by molar-refractivity contribution is 7.89. The van der Waals surface area contributed by atoms with Gasteiger partial charge in [0, 0.05) is 23.8 Å². The number of benzene rings is 2. The Labute approximate surface area is 172 Å². The summed E-state index contributed by atoms with van der Waals surface area (Å²) < 4.78 is 32.8. The summed E-state index contributed by atoms with van der Waals surface area (Å²) in [6.45, 7) is 6.04. The van der Waals surface area contributed by atoms with Gasteiger partial charge in [-0.3, -0.25) is 4.79 Å². The second-order valence-electron chi connectivity index (χ2n) is 6.60. The van der Waals surface area contributed by atoms with E-state index in [0.717, 1.165) is 0 Å². The van der Waals surface area contributed by atoms with E-state index in [1.54, 1.807) is 44.2 Å². The molecule has 0 aliphatic heterocycles. The Morgan fingerprint density at radius 2 is 1.90 bits per heavy atom. The minimum absolute atomic E-state index is 0.0176. The van der Waals surface area contributed by atoms with Crippen molar-refractivity contribution in [1.82, 2.24) is 4.72 Å². The first-order chi connectivity index (χ1) is 13.8. The molecule has 0 fully saturated rings. The number of sulfonamides is 1. The van der Waals surface area contributed by atoms with E-state index in [2.05, 4.69) is 4.72 Å². The molecule has 0 spiro atoms. The van der Waals surface area contributed by atoms with Crippen molar-refractivity contribution in [1.29, 1.82) is 5.26 Å². The van der Waals surface area contributed by atoms with Gasteiger partial charge in [0.05, 0.1) is 24.0 Å². The summed E-state index contributed by atoms with van der Waals surface area (Å²) in [4.78, 5) is 14.6. The maximum atomic E-state index is 13.1. The zero-order chi connectivity index (χ0) is 21.4. The van der Waals surface area contributed by atoms with Crippen LogP contribution in [0.3, 0.4) is 0 Å². The van der Waals surface area contributed by atoms with Crippen LogP contribution in [0.5, 0.6) is 5.75 Å². The third kappa shape index (κ3) is 6.04. The molecule has 2 aromatic carbocycles. The highest BCUT2D eigenvalue weighted by Gasteiger charge is 2.21. The molecule has 0 aliphatic rings. The van der Waals surface area contributed by atoms with Crippen LogP contribution in [0.25, 0.3) is 0 Å². The lowest BCUT2D eigenvalue weighted by Crippen LogP contribution is -2.33. The molecule has 0 aromatic heterocycles. The number of hydrogen-bond acceptors (Lipinski definition) is 5. The number of carbonyl (C=O) groups excluding carboxylic acids is 1. The molecule has 0 aliphatic carbocycles. The summed E-state index contributed by atoms with van der Waals surface area (Å²) >= 11 is 0. The molecule has 8 heteroatoms. The largest absolute Gasteiger partial charge is 0.494 e. The Kier molecular flexibility index (Phi) is 7.76. The predicted octanol–water partition coefficient (Wildman–Crippen LogP) is 3.33. The first kappa shape index (κ1) is 22.4. The van der Waals surface area contributed by atoms with Crippen molar-refractivity contribution >= 4 is 21.6 Å². The number of carbonyl (C=O) groups is 1. The van der Waals surface area contributed by atoms with Gasteiger partial charge in [-0.2, -0.15) is 5.26 Å². The molecule has 2 aromatic rings. The lowest BCUT2D eigenvalue weighted by molar-refractivity contribution is 0.0987. The number of anilines is 1. The van der Waals surface area contributed by atoms with Crippen LogP contribution in [-0.4, -0.2) is 33.5 Å². The van der Waals surface area contributed by atoms with Crippen LogP contribution in [0.4, 0.5) is 5.69 Å². The van der Waals surface area contributed by atoms with E-state index in [4.69, 9.17) is 10.00 Å². The maximum Gasteiger partial charge on any atom is 0.258 e. The van der Waals surface area contributed by atoms with E-state index < -0.39 is 10.0 Å². The molecule has 0 atom stereocenters. The van der Waals surface area contributed by atoms with Gasteiger partial charge >= 0.3 is 0 Å². The van der Waals surface area contributed by atoms with E-state index in [9.17, 15) is 13.2 Å². The molecule has 0 unspecified atom stereocenters. The Hall–Kier alpha value is -2.89. The molecule has 0 heterocycles. The molecular formula is C21H25N3O4S. The third-order valence-corrected chi connectivity index (χ3v) is 5.59. The molecule has 0 saturated carbocycles. The predicted molar refractivity (Wildman–Crippen MR) is 111 cm³/mol. The number of nitriles is 1. The van der Waals surface area contributed by atoms with E-state index in [1.807, 2.05) is 13.0 Å². The van der Waals surface area contributed by atoms with Crippen molar-refractivity contribution in [2.75, 3.05) is 18.1 Å². The highest BCUT2D eigenvalue weighted by atomic mass is 32.2. The minimum atomic E-state index is -3.72. The second-order valence-corrected chi connectivity index (χ2v) is 8.31. The van der Waals surface area contributed by atoms with Crippen molar-refractivity contribution in [3.05, 3.63) is 54.1 Å². The van der Waals surface area contributed by atoms with Crippen LogP contribution in [0.2, 0.25) is 0 Å².